The second-order valence-electron chi connectivity index (χ2n) is 4.60. The molecule has 0 bridgehead atoms. The quantitative estimate of drug-likeness (QED) is 0.524. The summed E-state index contributed by atoms with van der Waals surface area (Å²) in [5.74, 6) is 0.936. The van der Waals surface area contributed by atoms with Crippen LogP contribution in [0.2, 0.25) is 0 Å². The lowest BCUT2D eigenvalue weighted by Gasteiger charge is -2.12. The maximum Gasteiger partial charge on any atom is 0.119 e. The van der Waals surface area contributed by atoms with Crippen LogP contribution in [0, 0.1) is 0 Å². The van der Waals surface area contributed by atoms with E-state index in [1.54, 1.807) is 0 Å². The Morgan fingerprint density at radius 1 is 1.28 bits per heavy atom. The zero-order valence-electron chi connectivity index (χ0n) is 11.4. The van der Waals surface area contributed by atoms with Gasteiger partial charge >= 0.3 is 0 Å². The molecule has 2 heteroatoms. The molecule has 0 aliphatic heterocycles. The van der Waals surface area contributed by atoms with E-state index >= 15 is 0 Å². The van der Waals surface area contributed by atoms with Crippen molar-refractivity contribution >= 4 is 0 Å². The molecule has 1 aromatic carbocycles. The van der Waals surface area contributed by atoms with Crippen molar-refractivity contribution in [3.05, 3.63) is 42.5 Å². The molecule has 0 radical (unpaired) electrons. The normalized spacial score (nSPS) is 12.1. The molecular formula is C16H25NO. The molecule has 0 saturated heterocycles. The molecule has 0 aliphatic carbocycles. The Morgan fingerprint density at radius 3 is 2.61 bits per heavy atom. The molecular weight excluding hydrogens is 222 g/mol. The molecule has 100 valence electrons. The van der Waals surface area contributed by atoms with Crippen LogP contribution in [0.5, 0.6) is 5.75 Å². The third-order valence-corrected chi connectivity index (χ3v) is 3.00. The van der Waals surface area contributed by atoms with Gasteiger partial charge in [0.1, 0.15) is 5.75 Å². The van der Waals surface area contributed by atoms with Gasteiger partial charge in [0.2, 0.25) is 0 Å². The van der Waals surface area contributed by atoms with Crippen LogP contribution < -0.4 is 10.5 Å². The molecule has 1 aromatic rings. The Kier molecular flexibility index (Phi) is 7.19. The molecule has 0 spiro atoms. The van der Waals surface area contributed by atoms with E-state index in [1.807, 2.05) is 18.2 Å². The summed E-state index contributed by atoms with van der Waals surface area (Å²) in [5, 5.41) is 0. The summed E-state index contributed by atoms with van der Waals surface area (Å²) >= 11 is 0. The van der Waals surface area contributed by atoms with Gasteiger partial charge in [-0.05, 0) is 43.4 Å². The van der Waals surface area contributed by atoms with Crippen molar-refractivity contribution in [3.8, 4) is 5.75 Å². The van der Waals surface area contributed by atoms with E-state index in [4.69, 9.17) is 10.5 Å². The van der Waals surface area contributed by atoms with Gasteiger partial charge in [0.05, 0.1) is 6.61 Å². The zero-order valence-corrected chi connectivity index (χ0v) is 11.4. The third kappa shape index (κ3) is 5.37. The van der Waals surface area contributed by atoms with E-state index in [0.29, 0.717) is 0 Å². The summed E-state index contributed by atoms with van der Waals surface area (Å²) in [6, 6.07) is 8.28. The van der Waals surface area contributed by atoms with Crippen LogP contribution in [0.1, 0.15) is 50.6 Å². The molecule has 0 saturated carbocycles. The van der Waals surface area contributed by atoms with Crippen molar-refractivity contribution in [2.75, 3.05) is 6.61 Å². The number of hydrogen-bond acceptors (Lipinski definition) is 2. The van der Waals surface area contributed by atoms with Crippen molar-refractivity contribution < 1.29 is 4.74 Å². The first-order valence-corrected chi connectivity index (χ1v) is 6.87. The molecule has 18 heavy (non-hydrogen) atoms. The maximum atomic E-state index is 6.13. The van der Waals surface area contributed by atoms with Crippen LogP contribution >= 0.6 is 0 Å². The molecule has 1 atom stereocenters. The second-order valence-corrected chi connectivity index (χ2v) is 4.60. The predicted molar refractivity (Wildman–Crippen MR) is 77.8 cm³/mol. The number of nitrogens with two attached hydrogens (primary N) is 1. The lowest BCUT2D eigenvalue weighted by atomic mass is 10.0. The van der Waals surface area contributed by atoms with E-state index in [1.165, 1.54) is 5.56 Å². The Labute approximate surface area is 111 Å². The molecule has 2 nitrogen and oxygen atoms in total. The molecule has 0 fully saturated rings. The van der Waals surface area contributed by atoms with Crippen molar-refractivity contribution in [3.63, 3.8) is 0 Å². The van der Waals surface area contributed by atoms with Crippen LogP contribution in [-0.2, 0) is 0 Å². The average molecular weight is 247 g/mol. The van der Waals surface area contributed by atoms with Gasteiger partial charge in [-0.2, -0.15) is 0 Å². The number of rotatable bonds is 9. The standard InChI is InChI=1S/C16H25NO/c1-3-5-7-8-16(17)14-9-11-15(12-10-14)18-13-6-4-2/h3,9-12,16H,1,4-8,13,17H2,2H3. The average Bonchev–Trinajstić information content (AvgIpc) is 2.40. The van der Waals surface area contributed by atoms with Gasteiger partial charge in [-0.15, -0.1) is 6.58 Å². The van der Waals surface area contributed by atoms with Crippen molar-refractivity contribution in [2.45, 2.75) is 45.1 Å². The Hall–Kier alpha value is -1.28. The van der Waals surface area contributed by atoms with E-state index in [2.05, 4.69) is 25.6 Å². The molecule has 1 unspecified atom stereocenters. The lowest BCUT2D eigenvalue weighted by molar-refractivity contribution is 0.309. The van der Waals surface area contributed by atoms with Crippen LogP contribution in [0.3, 0.4) is 0 Å². The van der Waals surface area contributed by atoms with Gasteiger partial charge in [0.15, 0.2) is 0 Å². The number of unbranched alkanes of at least 4 members (excludes halogenated alkanes) is 2. The van der Waals surface area contributed by atoms with Gasteiger partial charge in [0, 0.05) is 6.04 Å². The molecule has 0 aromatic heterocycles. The first-order chi connectivity index (χ1) is 8.77. The highest BCUT2D eigenvalue weighted by Gasteiger charge is 2.05. The molecule has 0 aliphatic rings. The summed E-state index contributed by atoms with van der Waals surface area (Å²) in [6.07, 6.45) is 7.33. The monoisotopic (exact) mass is 247 g/mol. The zero-order chi connectivity index (χ0) is 13.2. The van der Waals surface area contributed by atoms with E-state index in [-0.39, 0.29) is 6.04 Å². The summed E-state index contributed by atoms with van der Waals surface area (Å²) in [6.45, 7) is 6.67. The van der Waals surface area contributed by atoms with Crippen LogP contribution in [-0.4, -0.2) is 6.61 Å². The molecule has 1 rings (SSSR count). The van der Waals surface area contributed by atoms with Crippen molar-refractivity contribution in [1.82, 2.24) is 0 Å². The predicted octanol–water partition coefficient (Wildman–Crippen LogP) is 4.22. The lowest BCUT2D eigenvalue weighted by Crippen LogP contribution is -2.09. The van der Waals surface area contributed by atoms with E-state index in [9.17, 15) is 0 Å². The fraction of sp³-hybridized carbons (Fsp3) is 0.500. The van der Waals surface area contributed by atoms with Gasteiger partial charge in [-0.1, -0.05) is 31.6 Å². The maximum absolute atomic E-state index is 6.13. The summed E-state index contributed by atoms with van der Waals surface area (Å²) < 4.78 is 5.63. The van der Waals surface area contributed by atoms with Crippen LogP contribution in [0.4, 0.5) is 0 Å². The number of ether oxygens (including phenoxy) is 1. The highest BCUT2D eigenvalue weighted by Crippen LogP contribution is 2.20. The Balaban J connectivity index is 2.40. The molecule has 0 heterocycles. The highest BCUT2D eigenvalue weighted by molar-refractivity contribution is 5.29. The number of allylic oxidation sites excluding steroid dienone is 1. The smallest absolute Gasteiger partial charge is 0.119 e. The Bertz CT molecular complexity index is 331. The van der Waals surface area contributed by atoms with Crippen molar-refractivity contribution in [1.29, 1.82) is 0 Å². The minimum atomic E-state index is 0.120. The van der Waals surface area contributed by atoms with Gasteiger partial charge in [-0.25, -0.2) is 0 Å². The van der Waals surface area contributed by atoms with Gasteiger partial charge in [0.25, 0.3) is 0 Å². The largest absolute Gasteiger partial charge is 0.494 e. The minimum Gasteiger partial charge on any atom is -0.494 e. The fourth-order valence-electron chi connectivity index (χ4n) is 1.79. The molecule has 2 N–H and O–H groups in total. The van der Waals surface area contributed by atoms with E-state index < -0.39 is 0 Å². The number of hydrogen-bond donors (Lipinski definition) is 1. The Morgan fingerprint density at radius 2 is 2.00 bits per heavy atom. The fourth-order valence-corrected chi connectivity index (χ4v) is 1.79. The highest BCUT2D eigenvalue weighted by atomic mass is 16.5. The third-order valence-electron chi connectivity index (χ3n) is 3.00. The minimum absolute atomic E-state index is 0.120. The van der Waals surface area contributed by atoms with Crippen LogP contribution in [0.15, 0.2) is 36.9 Å². The topological polar surface area (TPSA) is 35.2 Å². The van der Waals surface area contributed by atoms with Gasteiger partial charge < -0.3 is 10.5 Å². The summed E-state index contributed by atoms with van der Waals surface area (Å²) in [4.78, 5) is 0. The SMILES string of the molecule is C=CCCCC(N)c1ccc(OCCCC)cc1. The van der Waals surface area contributed by atoms with Gasteiger partial charge in [-0.3, -0.25) is 0 Å². The first kappa shape index (κ1) is 14.8. The van der Waals surface area contributed by atoms with Crippen LogP contribution in [0.25, 0.3) is 0 Å². The molecule has 0 amide bonds. The first-order valence-electron chi connectivity index (χ1n) is 6.87. The summed E-state index contributed by atoms with van der Waals surface area (Å²) in [7, 11) is 0. The van der Waals surface area contributed by atoms with Crippen molar-refractivity contribution in [2.24, 2.45) is 5.73 Å². The van der Waals surface area contributed by atoms with E-state index in [0.717, 1.165) is 44.5 Å². The number of benzene rings is 1. The second kappa shape index (κ2) is 8.76. The summed E-state index contributed by atoms with van der Waals surface area (Å²) in [5.41, 5.74) is 7.31.